The summed E-state index contributed by atoms with van der Waals surface area (Å²) in [6, 6.07) is 0. The fourth-order valence-electron chi connectivity index (χ4n) is 0.844. The van der Waals surface area contributed by atoms with Crippen LogP contribution in [0, 0.1) is 11.8 Å². The molecular weight excluding hydrogens is 190 g/mol. The Balaban J connectivity index is 3.67. The van der Waals surface area contributed by atoms with Crippen molar-refractivity contribution in [3.8, 4) is 0 Å². The van der Waals surface area contributed by atoms with E-state index in [-0.39, 0.29) is 18.1 Å². The van der Waals surface area contributed by atoms with Crippen LogP contribution in [0.2, 0.25) is 0 Å². The molecule has 1 atom stereocenters. The van der Waals surface area contributed by atoms with Crippen LogP contribution in [-0.4, -0.2) is 24.7 Å². The van der Waals surface area contributed by atoms with Crippen molar-refractivity contribution in [3.63, 3.8) is 0 Å². The van der Waals surface area contributed by atoms with E-state index in [0.29, 0.717) is 11.8 Å². The fourth-order valence-corrected chi connectivity index (χ4v) is 0.844. The maximum Gasteiger partial charge on any atom is 0.246 e. The summed E-state index contributed by atoms with van der Waals surface area (Å²) < 4.78 is 5.37. The quantitative estimate of drug-likeness (QED) is 0.763. The van der Waals surface area contributed by atoms with Crippen LogP contribution >= 0.6 is 0 Å². The van der Waals surface area contributed by atoms with Crippen molar-refractivity contribution in [1.29, 1.82) is 0 Å². The maximum absolute atomic E-state index is 11.4. The number of nitrogens with one attached hydrogen (secondary N) is 1. The molecule has 90 valence electrons. The Hall–Kier alpha value is -0.570. The van der Waals surface area contributed by atoms with Crippen LogP contribution in [0.4, 0.5) is 0 Å². The number of rotatable bonds is 5. The first-order valence-electron chi connectivity index (χ1n) is 5.63. The molecule has 0 saturated heterocycles. The smallest absolute Gasteiger partial charge is 0.246 e. The van der Waals surface area contributed by atoms with Crippen molar-refractivity contribution >= 4 is 5.91 Å². The van der Waals surface area contributed by atoms with Crippen LogP contribution in [-0.2, 0) is 9.53 Å². The highest BCUT2D eigenvalue weighted by atomic mass is 16.5. The molecule has 3 nitrogen and oxygen atoms in total. The van der Waals surface area contributed by atoms with Crippen molar-refractivity contribution in [3.05, 3.63) is 0 Å². The Morgan fingerprint density at radius 1 is 1.27 bits per heavy atom. The Morgan fingerprint density at radius 3 is 2.20 bits per heavy atom. The number of amides is 1. The molecule has 0 spiro atoms. The third-order valence-electron chi connectivity index (χ3n) is 2.40. The van der Waals surface area contributed by atoms with Gasteiger partial charge in [0.1, 0.15) is 6.61 Å². The van der Waals surface area contributed by atoms with Crippen molar-refractivity contribution < 1.29 is 9.53 Å². The summed E-state index contributed by atoms with van der Waals surface area (Å²) in [5.74, 6) is 1.06. The van der Waals surface area contributed by atoms with Gasteiger partial charge in [0.05, 0.1) is 5.60 Å². The second-order valence-electron chi connectivity index (χ2n) is 5.43. The number of ether oxygens (including phenoxy) is 1. The van der Waals surface area contributed by atoms with Crippen molar-refractivity contribution in [1.82, 2.24) is 5.32 Å². The Morgan fingerprint density at radius 2 is 1.80 bits per heavy atom. The maximum atomic E-state index is 11.4. The van der Waals surface area contributed by atoms with Crippen molar-refractivity contribution in [2.75, 3.05) is 13.2 Å². The normalized spacial score (nSPS) is 14.1. The molecule has 0 bridgehead atoms. The second-order valence-corrected chi connectivity index (χ2v) is 5.43. The minimum Gasteiger partial charge on any atom is -0.366 e. The predicted molar refractivity (Wildman–Crippen MR) is 62.7 cm³/mol. The van der Waals surface area contributed by atoms with Crippen LogP contribution in [0.3, 0.4) is 0 Å². The van der Waals surface area contributed by atoms with Crippen molar-refractivity contribution in [2.45, 2.75) is 47.1 Å². The third-order valence-corrected chi connectivity index (χ3v) is 2.40. The minimum atomic E-state index is -0.249. The minimum absolute atomic E-state index is 0.0302. The molecule has 0 aromatic rings. The number of hydrogen-bond acceptors (Lipinski definition) is 2. The molecule has 15 heavy (non-hydrogen) atoms. The number of hydrogen-bond donors (Lipinski definition) is 1. The largest absolute Gasteiger partial charge is 0.366 e. The lowest BCUT2D eigenvalue weighted by atomic mass is 9.98. The molecule has 1 unspecified atom stereocenters. The molecule has 1 amide bonds. The van der Waals surface area contributed by atoms with Gasteiger partial charge >= 0.3 is 0 Å². The molecule has 0 rings (SSSR count). The van der Waals surface area contributed by atoms with Gasteiger partial charge in [0, 0.05) is 6.54 Å². The first-order valence-corrected chi connectivity index (χ1v) is 5.63. The monoisotopic (exact) mass is 215 g/mol. The van der Waals surface area contributed by atoms with Gasteiger partial charge in [0.2, 0.25) is 5.91 Å². The predicted octanol–water partition coefficient (Wildman–Crippen LogP) is 2.21. The molecule has 0 aliphatic carbocycles. The van der Waals surface area contributed by atoms with E-state index in [1.807, 2.05) is 20.8 Å². The molecule has 0 heterocycles. The highest BCUT2D eigenvalue weighted by Gasteiger charge is 2.13. The van der Waals surface area contributed by atoms with Gasteiger partial charge in [-0.3, -0.25) is 4.79 Å². The van der Waals surface area contributed by atoms with Gasteiger partial charge < -0.3 is 10.1 Å². The summed E-state index contributed by atoms with van der Waals surface area (Å²) in [4.78, 5) is 11.4. The van der Waals surface area contributed by atoms with Gasteiger partial charge in [-0.1, -0.05) is 20.8 Å². The van der Waals surface area contributed by atoms with E-state index in [2.05, 4.69) is 26.1 Å². The second kappa shape index (κ2) is 6.11. The highest BCUT2D eigenvalue weighted by Crippen LogP contribution is 2.08. The van der Waals surface area contributed by atoms with E-state index in [1.54, 1.807) is 0 Å². The Kier molecular flexibility index (Phi) is 5.88. The molecule has 0 aromatic carbocycles. The van der Waals surface area contributed by atoms with Gasteiger partial charge in [0.15, 0.2) is 0 Å². The van der Waals surface area contributed by atoms with E-state index in [1.165, 1.54) is 0 Å². The first-order chi connectivity index (χ1) is 6.72. The van der Waals surface area contributed by atoms with Crippen molar-refractivity contribution in [2.24, 2.45) is 11.8 Å². The standard InChI is InChI=1S/C12H25NO2/c1-9(2)10(3)7-13-11(14)8-15-12(4,5)6/h9-10H,7-8H2,1-6H3,(H,13,14). The van der Waals surface area contributed by atoms with Crippen LogP contribution in [0.5, 0.6) is 0 Å². The van der Waals surface area contributed by atoms with Crippen LogP contribution < -0.4 is 5.32 Å². The molecule has 0 saturated carbocycles. The third kappa shape index (κ3) is 8.43. The lowest BCUT2D eigenvalue weighted by Gasteiger charge is -2.20. The average molecular weight is 215 g/mol. The lowest BCUT2D eigenvalue weighted by Crippen LogP contribution is -2.35. The topological polar surface area (TPSA) is 38.3 Å². The lowest BCUT2D eigenvalue weighted by molar-refractivity contribution is -0.130. The van der Waals surface area contributed by atoms with Crippen LogP contribution in [0.15, 0.2) is 0 Å². The molecule has 0 radical (unpaired) electrons. The summed E-state index contributed by atoms with van der Waals surface area (Å²) in [5.41, 5.74) is -0.249. The summed E-state index contributed by atoms with van der Waals surface area (Å²) in [6.07, 6.45) is 0. The fraction of sp³-hybridized carbons (Fsp3) is 0.917. The molecule has 0 aliphatic rings. The zero-order valence-electron chi connectivity index (χ0n) is 10.9. The Bertz CT molecular complexity index is 194. The zero-order valence-corrected chi connectivity index (χ0v) is 10.9. The SMILES string of the molecule is CC(C)C(C)CNC(=O)COC(C)(C)C. The first kappa shape index (κ1) is 14.4. The van der Waals surface area contributed by atoms with Crippen LogP contribution in [0.25, 0.3) is 0 Å². The van der Waals surface area contributed by atoms with Crippen LogP contribution in [0.1, 0.15) is 41.5 Å². The molecule has 0 aliphatic heterocycles. The molecule has 0 aromatic heterocycles. The summed E-state index contributed by atoms with van der Waals surface area (Å²) in [5, 5.41) is 2.87. The van der Waals surface area contributed by atoms with Gasteiger partial charge in [-0.05, 0) is 32.6 Å². The zero-order chi connectivity index (χ0) is 12.1. The molecule has 3 heteroatoms. The molecular formula is C12H25NO2. The van der Waals surface area contributed by atoms with Gasteiger partial charge in [0.25, 0.3) is 0 Å². The Labute approximate surface area is 93.6 Å². The number of carbonyl (C=O) groups is 1. The van der Waals surface area contributed by atoms with E-state index in [4.69, 9.17) is 4.74 Å². The summed E-state index contributed by atoms with van der Waals surface area (Å²) in [6.45, 7) is 13.1. The summed E-state index contributed by atoms with van der Waals surface area (Å²) in [7, 11) is 0. The van der Waals surface area contributed by atoms with E-state index in [0.717, 1.165) is 6.54 Å². The van der Waals surface area contributed by atoms with Gasteiger partial charge in [-0.15, -0.1) is 0 Å². The van der Waals surface area contributed by atoms with E-state index >= 15 is 0 Å². The van der Waals surface area contributed by atoms with Gasteiger partial charge in [-0.25, -0.2) is 0 Å². The average Bonchev–Trinajstić information content (AvgIpc) is 2.09. The number of carbonyl (C=O) groups excluding carboxylic acids is 1. The van der Waals surface area contributed by atoms with E-state index < -0.39 is 0 Å². The highest BCUT2D eigenvalue weighted by molar-refractivity contribution is 5.77. The summed E-state index contributed by atoms with van der Waals surface area (Å²) >= 11 is 0. The molecule has 0 fully saturated rings. The van der Waals surface area contributed by atoms with E-state index in [9.17, 15) is 4.79 Å². The molecule has 1 N–H and O–H groups in total. The van der Waals surface area contributed by atoms with Gasteiger partial charge in [-0.2, -0.15) is 0 Å².